The molecule has 0 saturated carbocycles. The number of carbonyl (C=O) groups excluding carboxylic acids is 2. The maximum Gasteiger partial charge on any atom is 0.327 e. The largest absolute Gasteiger partial charge is 0.480 e. The van der Waals surface area contributed by atoms with Crippen LogP contribution >= 0.6 is 0 Å². The van der Waals surface area contributed by atoms with Crippen LogP contribution in [0.2, 0.25) is 0 Å². The van der Waals surface area contributed by atoms with E-state index in [1.807, 2.05) is 0 Å². The van der Waals surface area contributed by atoms with Crippen molar-refractivity contribution in [2.45, 2.75) is 36.1 Å². The van der Waals surface area contributed by atoms with E-state index in [2.05, 4.69) is 11.2 Å². The third-order valence-corrected chi connectivity index (χ3v) is 9.99. The van der Waals surface area contributed by atoms with Crippen molar-refractivity contribution in [2.24, 2.45) is 5.92 Å². The van der Waals surface area contributed by atoms with Gasteiger partial charge in [0.1, 0.15) is 6.04 Å². The van der Waals surface area contributed by atoms with E-state index in [0.717, 1.165) is 11.1 Å². The highest BCUT2D eigenvalue weighted by Crippen LogP contribution is 2.23. The Balaban J connectivity index is 1.93. The van der Waals surface area contributed by atoms with Crippen LogP contribution in [-0.4, -0.2) is 57.1 Å². The van der Waals surface area contributed by atoms with Crippen molar-refractivity contribution < 1.29 is 36.3 Å². The molecule has 41 heavy (non-hydrogen) atoms. The molecule has 9 nitrogen and oxygen atoms in total. The molecule has 0 spiro atoms. The number of amides is 1. The Morgan fingerprint density at radius 3 is 1.56 bits per heavy atom. The quantitative estimate of drug-likeness (QED) is 0.239. The van der Waals surface area contributed by atoms with Crippen molar-refractivity contribution in [3.63, 3.8) is 0 Å². The second kappa shape index (κ2) is 12.9. The van der Waals surface area contributed by atoms with Gasteiger partial charge in [0, 0.05) is 17.5 Å². The van der Waals surface area contributed by atoms with Crippen molar-refractivity contribution >= 4 is 37.3 Å². The lowest BCUT2D eigenvalue weighted by Crippen LogP contribution is -2.40. The molecule has 0 saturated heterocycles. The zero-order valence-corrected chi connectivity index (χ0v) is 24.0. The summed E-state index contributed by atoms with van der Waals surface area (Å²) in [6, 6.07) is 15.8. The molecule has 0 aliphatic heterocycles. The van der Waals surface area contributed by atoms with E-state index in [0.29, 0.717) is 0 Å². The monoisotopic (exact) mass is 595 g/mol. The molecule has 0 bridgehead atoms. The van der Waals surface area contributed by atoms with Crippen LogP contribution in [0.5, 0.6) is 0 Å². The van der Waals surface area contributed by atoms with Crippen molar-refractivity contribution in [2.75, 3.05) is 11.5 Å². The summed E-state index contributed by atoms with van der Waals surface area (Å²) in [6.45, 7) is 3.58. The van der Waals surface area contributed by atoms with Crippen LogP contribution < -0.4 is 5.32 Å². The third kappa shape index (κ3) is 8.13. The van der Waals surface area contributed by atoms with Gasteiger partial charge in [-0.1, -0.05) is 47.5 Å². The maximum atomic E-state index is 13.6. The van der Waals surface area contributed by atoms with Gasteiger partial charge in [-0.2, -0.15) is 0 Å². The van der Waals surface area contributed by atoms with E-state index in [4.69, 9.17) is 6.42 Å². The number of rotatable bonds is 12. The predicted molar refractivity (Wildman–Crippen MR) is 153 cm³/mol. The standard InChI is InChI=1S/C30H29NO8S2/c1-4-5-27(30(34)35)31-29(33)23-12-10-22(11-13-23)28(32)24(18-40(36,37)25-14-6-20(2)7-15-25)19-41(38,39)26-16-8-21(3)9-17-26/h1,6-17,24,27H,5,18-19H2,2-3H3,(H,31,33)(H,34,35)/t27-/m0/s1. The zero-order valence-electron chi connectivity index (χ0n) is 22.4. The smallest absolute Gasteiger partial charge is 0.327 e. The number of ketones is 1. The fraction of sp³-hybridized carbons (Fsp3) is 0.233. The molecule has 214 valence electrons. The lowest BCUT2D eigenvalue weighted by Gasteiger charge is -2.17. The first-order valence-corrected chi connectivity index (χ1v) is 15.7. The number of hydrogen-bond acceptors (Lipinski definition) is 7. The number of hydrogen-bond donors (Lipinski definition) is 2. The van der Waals surface area contributed by atoms with Crippen LogP contribution in [0.25, 0.3) is 0 Å². The Labute approximate surface area is 239 Å². The molecule has 3 aromatic carbocycles. The van der Waals surface area contributed by atoms with Crippen LogP contribution in [0.3, 0.4) is 0 Å². The van der Waals surface area contributed by atoms with E-state index in [1.54, 1.807) is 38.1 Å². The van der Waals surface area contributed by atoms with Crippen molar-refractivity contribution in [1.82, 2.24) is 5.32 Å². The van der Waals surface area contributed by atoms with Crippen molar-refractivity contribution in [3.05, 3.63) is 95.1 Å². The number of carboxylic acid groups (broad SMARTS) is 1. The number of nitrogens with one attached hydrogen (secondary N) is 1. The van der Waals surface area contributed by atoms with Gasteiger partial charge < -0.3 is 10.4 Å². The Hall–Kier alpha value is -4.27. The summed E-state index contributed by atoms with van der Waals surface area (Å²) < 4.78 is 53.0. The number of Topliss-reactive ketones (excluding diaryl/α,β-unsaturated/α-hetero) is 1. The lowest BCUT2D eigenvalue weighted by atomic mass is 9.99. The van der Waals surface area contributed by atoms with Gasteiger partial charge in [0.15, 0.2) is 25.5 Å². The molecular weight excluding hydrogens is 566 g/mol. The number of sulfone groups is 2. The highest BCUT2D eigenvalue weighted by atomic mass is 32.2. The lowest BCUT2D eigenvalue weighted by molar-refractivity contribution is -0.139. The minimum Gasteiger partial charge on any atom is -0.480 e. The molecule has 3 aromatic rings. The number of aliphatic carboxylic acids is 1. The molecule has 3 rings (SSSR count). The van der Waals surface area contributed by atoms with E-state index >= 15 is 0 Å². The van der Waals surface area contributed by atoms with E-state index < -0.39 is 60.8 Å². The molecule has 0 heterocycles. The second-order valence-electron chi connectivity index (χ2n) is 9.60. The fourth-order valence-electron chi connectivity index (χ4n) is 3.99. The molecule has 0 aliphatic carbocycles. The molecule has 0 unspecified atom stereocenters. The Morgan fingerprint density at radius 1 is 0.756 bits per heavy atom. The molecule has 11 heteroatoms. The SMILES string of the molecule is C#CC[C@H](NC(=O)c1ccc(C(=O)C(CS(=O)(=O)c2ccc(C)cc2)CS(=O)(=O)c2ccc(C)cc2)cc1)C(=O)O. The number of carbonyl (C=O) groups is 3. The molecule has 0 fully saturated rings. The zero-order chi connectivity index (χ0) is 30.4. The van der Waals surface area contributed by atoms with Crippen molar-refractivity contribution in [3.8, 4) is 12.3 Å². The fourth-order valence-corrected chi connectivity index (χ4v) is 7.23. The van der Waals surface area contributed by atoms with Gasteiger partial charge >= 0.3 is 5.97 Å². The van der Waals surface area contributed by atoms with Gasteiger partial charge in [-0.15, -0.1) is 12.3 Å². The molecule has 1 atom stereocenters. The topological polar surface area (TPSA) is 152 Å². The van der Waals surface area contributed by atoms with Gasteiger partial charge in [-0.3, -0.25) is 9.59 Å². The Morgan fingerprint density at radius 2 is 1.17 bits per heavy atom. The molecule has 2 N–H and O–H groups in total. The minimum atomic E-state index is -4.06. The molecule has 1 amide bonds. The summed E-state index contributed by atoms with van der Waals surface area (Å²) in [7, 11) is -8.12. The normalized spacial score (nSPS) is 12.3. The van der Waals surface area contributed by atoms with Gasteiger partial charge in [-0.05, 0) is 50.2 Å². The summed E-state index contributed by atoms with van der Waals surface area (Å²) >= 11 is 0. The highest BCUT2D eigenvalue weighted by Gasteiger charge is 2.33. The highest BCUT2D eigenvalue weighted by molar-refractivity contribution is 7.92. The van der Waals surface area contributed by atoms with Gasteiger partial charge in [0.2, 0.25) is 0 Å². The third-order valence-electron chi connectivity index (χ3n) is 6.33. The summed E-state index contributed by atoms with van der Waals surface area (Å²) in [6.07, 6.45) is 4.92. The Kier molecular flexibility index (Phi) is 9.86. The van der Waals surface area contributed by atoms with Gasteiger partial charge in [0.25, 0.3) is 5.91 Å². The van der Waals surface area contributed by atoms with Gasteiger partial charge in [-0.25, -0.2) is 21.6 Å². The van der Waals surface area contributed by atoms with Crippen LogP contribution in [-0.2, 0) is 24.5 Å². The number of aryl methyl sites for hydroxylation is 2. The minimum absolute atomic E-state index is 0.0110. The van der Waals surface area contributed by atoms with Gasteiger partial charge in [0.05, 0.1) is 27.2 Å². The van der Waals surface area contributed by atoms with Crippen LogP contribution in [0.4, 0.5) is 0 Å². The first-order valence-electron chi connectivity index (χ1n) is 12.4. The summed E-state index contributed by atoms with van der Waals surface area (Å²) in [5.74, 6) is -3.59. The predicted octanol–water partition coefficient (Wildman–Crippen LogP) is 3.26. The number of terminal acetylenes is 1. The molecule has 0 radical (unpaired) electrons. The second-order valence-corrected chi connectivity index (χ2v) is 13.7. The first kappa shape index (κ1) is 31.3. The Bertz CT molecular complexity index is 1610. The van der Waals surface area contributed by atoms with E-state index in [-0.39, 0.29) is 27.3 Å². The van der Waals surface area contributed by atoms with Crippen LogP contribution in [0.15, 0.2) is 82.6 Å². The van der Waals surface area contributed by atoms with E-state index in [1.165, 1.54) is 48.5 Å². The average Bonchev–Trinajstić information content (AvgIpc) is 2.92. The maximum absolute atomic E-state index is 13.6. The molecule has 0 aliphatic rings. The summed E-state index contributed by atoms with van der Waals surface area (Å²) in [5.41, 5.74) is 1.68. The van der Waals surface area contributed by atoms with Crippen LogP contribution in [0.1, 0.15) is 38.3 Å². The first-order chi connectivity index (χ1) is 19.2. The number of carboxylic acids is 1. The average molecular weight is 596 g/mol. The van der Waals surface area contributed by atoms with Crippen LogP contribution in [0, 0.1) is 32.1 Å². The van der Waals surface area contributed by atoms with Crippen molar-refractivity contribution in [1.29, 1.82) is 0 Å². The molecular formula is C30H29NO8S2. The molecule has 0 aromatic heterocycles. The van der Waals surface area contributed by atoms with E-state index in [9.17, 15) is 36.3 Å². The summed E-state index contributed by atoms with van der Waals surface area (Å²) in [5, 5.41) is 11.5. The number of benzene rings is 3. The summed E-state index contributed by atoms with van der Waals surface area (Å²) in [4.78, 5) is 37.3.